The lowest BCUT2D eigenvalue weighted by Gasteiger charge is -2.16. The Kier molecular flexibility index (Phi) is 4.20. The van der Waals surface area contributed by atoms with E-state index in [1.54, 1.807) is 12.1 Å². The maximum absolute atomic E-state index is 12.1. The Bertz CT molecular complexity index is 507. The van der Waals surface area contributed by atoms with Crippen molar-refractivity contribution in [1.29, 1.82) is 0 Å². The zero-order valence-electron chi connectivity index (χ0n) is 9.65. The predicted molar refractivity (Wildman–Crippen MR) is 75.5 cm³/mol. The van der Waals surface area contributed by atoms with Crippen molar-refractivity contribution in [3.8, 4) is 0 Å². The van der Waals surface area contributed by atoms with Crippen LogP contribution in [0.2, 0.25) is 10.0 Å². The van der Waals surface area contributed by atoms with E-state index in [9.17, 15) is 9.59 Å². The third kappa shape index (κ3) is 2.51. The quantitative estimate of drug-likeness (QED) is 0.803. The number of carbonyl (C=O) groups is 2. The first-order chi connectivity index (χ1) is 8.54. The van der Waals surface area contributed by atoms with Crippen LogP contribution in [0.1, 0.15) is 13.3 Å². The molecule has 0 unspecified atom stereocenters. The van der Waals surface area contributed by atoms with Gasteiger partial charge in [0.25, 0.3) is 0 Å². The van der Waals surface area contributed by atoms with Crippen molar-refractivity contribution >= 4 is 52.5 Å². The highest BCUT2D eigenvalue weighted by Crippen LogP contribution is 2.34. The molecule has 0 saturated carbocycles. The molecule has 2 amide bonds. The van der Waals surface area contributed by atoms with Crippen molar-refractivity contribution in [3.05, 3.63) is 28.2 Å². The summed E-state index contributed by atoms with van der Waals surface area (Å²) in [5, 5.41) is 0.489. The molecule has 1 atom stereocenters. The Morgan fingerprint density at radius 2 is 2.11 bits per heavy atom. The largest absolute Gasteiger partial charge is 0.274 e. The number of hydrogen-bond donors (Lipinski definition) is 0. The summed E-state index contributed by atoms with van der Waals surface area (Å²) in [6.07, 6.45) is 0.232. The molecule has 96 valence electrons. The SMILES string of the molecule is CCS[C@@H]1CC(=O)N(c2ccc(Cl)cc2Cl)C1=O. The zero-order chi connectivity index (χ0) is 13.3. The Balaban J connectivity index is 2.33. The van der Waals surface area contributed by atoms with E-state index in [2.05, 4.69) is 0 Å². The molecular formula is C12H11Cl2NO2S. The average Bonchev–Trinajstić information content (AvgIpc) is 2.56. The summed E-state index contributed by atoms with van der Waals surface area (Å²) in [6.45, 7) is 1.96. The molecule has 1 aliphatic heterocycles. The van der Waals surface area contributed by atoms with Crippen molar-refractivity contribution in [2.45, 2.75) is 18.6 Å². The monoisotopic (exact) mass is 303 g/mol. The molecule has 0 spiro atoms. The maximum atomic E-state index is 12.1. The summed E-state index contributed by atoms with van der Waals surface area (Å²) in [4.78, 5) is 25.2. The van der Waals surface area contributed by atoms with Crippen LogP contribution in [0.15, 0.2) is 18.2 Å². The van der Waals surface area contributed by atoms with Crippen LogP contribution in [0.25, 0.3) is 0 Å². The van der Waals surface area contributed by atoms with Crippen molar-refractivity contribution in [2.75, 3.05) is 10.7 Å². The van der Waals surface area contributed by atoms with Gasteiger partial charge in [0.2, 0.25) is 11.8 Å². The molecule has 1 saturated heterocycles. The van der Waals surface area contributed by atoms with Gasteiger partial charge in [-0.25, -0.2) is 4.90 Å². The molecule has 1 heterocycles. The maximum Gasteiger partial charge on any atom is 0.247 e. The second-order valence-electron chi connectivity index (χ2n) is 3.81. The smallest absolute Gasteiger partial charge is 0.247 e. The number of halogens is 2. The Morgan fingerprint density at radius 3 is 2.72 bits per heavy atom. The molecule has 0 aliphatic carbocycles. The van der Waals surface area contributed by atoms with Gasteiger partial charge in [-0.15, -0.1) is 11.8 Å². The van der Waals surface area contributed by atoms with Gasteiger partial charge in [0.1, 0.15) is 0 Å². The summed E-state index contributed by atoms with van der Waals surface area (Å²) in [5.41, 5.74) is 0.412. The van der Waals surface area contributed by atoms with Gasteiger partial charge >= 0.3 is 0 Å². The molecule has 6 heteroatoms. The summed E-state index contributed by atoms with van der Waals surface area (Å²) in [5.74, 6) is 0.387. The number of thioether (sulfide) groups is 1. The number of rotatable bonds is 3. The Labute approximate surface area is 119 Å². The van der Waals surface area contributed by atoms with E-state index in [1.807, 2.05) is 6.92 Å². The molecule has 2 rings (SSSR count). The molecule has 1 aliphatic rings. The van der Waals surface area contributed by atoms with Gasteiger partial charge in [-0.05, 0) is 24.0 Å². The molecule has 18 heavy (non-hydrogen) atoms. The highest BCUT2D eigenvalue weighted by atomic mass is 35.5. The molecule has 3 nitrogen and oxygen atoms in total. The minimum atomic E-state index is -0.297. The van der Waals surface area contributed by atoms with E-state index in [0.717, 1.165) is 10.7 Å². The first-order valence-electron chi connectivity index (χ1n) is 5.48. The fraction of sp³-hybridized carbons (Fsp3) is 0.333. The van der Waals surface area contributed by atoms with Crippen molar-refractivity contribution in [1.82, 2.24) is 0 Å². The first-order valence-corrected chi connectivity index (χ1v) is 7.28. The van der Waals surface area contributed by atoms with Gasteiger partial charge in [-0.1, -0.05) is 30.1 Å². The third-order valence-corrected chi connectivity index (χ3v) is 4.27. The Morgan fingerprint density at radius 1 is 1.39 bits per heavy atom. The van der Waals surface area contributed by atoms with Gasteiger partial charge in [0.15, 0.2) is 0 Å². The lowest BCUT2D eigenvalue weighted by molar-refractivity contribution is -0.121. The van der Waals surface area contributed by atoms with Crippen LogP contribution in [-0.2, 0) is 9.59 Å². The van der Waals surface area contributed by atoms with Crippen LogP contribution in [0, 0.1) is 0 Å². The highest BCUT2D eigenvalue weighted by molar-refractivity contribution is 8.00. The van der Waals surface area contributed by atoms with Crippen molar-refractivity contribution in [2.24, 2.45) is 0 Å². The minimum Gasteiger partial charge on any atom is -0.274 e. The zero-order valence-corrected chi connectivity index (χ0v) is 12.0. The van der Waals surface area contributed by atoms with E-state index >= 15 is 0 Å². The van der Waals surface area contributed by atoms with Crippen molar-refractivity contribution in [3.63, 3.8) is 0 Å². The lowest BCUT2D eigenvalue weighted by Crippen LogP contribution is -2.31. The van der Waals surface area contributed by atoms with Gasteiger partial charge in [0.05, 0.1) is 16.0 Å². The molecule has 1 fully saturated rings. The lowest BCUT2D eigenvalue weighted by atomic mass is 10.3. The fourth-order valence-corrected chi connectivity index (χ4v) is 3.25. The normalized spacial score (nSPS) is 19.7. The molecule has 0 N–H and O–H groups in total. The number of benzene rings is 1. The van der Waals surface area contributed by atoms with Gasteiger partial charge in [0, 0.05) is 11.4 Å². The first kappa shape index (κ1) is 13.7. The van der Waals surface area contributed by atoms with Gasteiger partial charge in [-0.3, -0.25) is 9.59 Å². The molecule has 1 aromatic carbocycles. The predicted octanol–water partition coefficient (Wildman–Crippen LogP) is 3.38. The summed E-state index contributed by atoms with van der Waals surface area (Å²) < 4.78 is 0. The number of carbonyl (C=O) groups excluding carboxylic acids is 2. The van der Waals surface area contributed by atoms with Crippen LogP contribution in [0.5, 0.6) is 0 Å². The molecule has 0 aromatic heterocycles. The molecule has 1 aromatic rings. The van der Waals surface area contributed by atoms with Crippen LogP contribution in [0.3, 0.4) is 0 Å². The van der Waals surface area contributed by atoms with E-state index in [1.165, 1.54) is 17.8 Å². The number of imide groups is 1. The van der Waals surface area contributed by atoms with Crippen LogP contribution in [0.4, 0.5) is 5.69 Å². The molecule has 0 bridgehead atoms. The third-order valence-electron chi connectivity index (χ3n) is 2.62. The molecule has 0 radical (unpaired) electrons. The van der Waals surface area contributed by atoms with Crippen molar-refractivity contribution < 1.29 is 9.59 Å². The summed E-state index contributed by atoms with van der Waals surface area (Å²) in [7, 11) is 0. The minimum absolute atomic E-state index is 0.198. The van der Waals surface area contributed by atoms with E-state index in [0.29, 0.717) is 15.7 Å². The number of hydrogen-bond acceptors (Lipinski definition) is 3. The van der Waals surface area contributed by atoms with Crippen LogP contribution in [-0.4, -0.2) is 22.8 Å². The van der Waals surface area contributed by atoms with E-state index in [4.69, 9.17) is 23.2 Å². The second kappa shape index (κ2) is 5.51. The number of nitrogens with zero attached hydrogens (tertiary/aromatic N) is 1. The average molecular weight is 304 g/mol. The van der Waals surface area contributed by atoms with Gasteiger partial charge in [-0.2, -0.15) is 0 Å². The van der Waals surface area contributed by atoms with Crippen LogP contribution >= 0.6 is 35.0 Å². The Hall–Kier alpha value is -0.710. The topological polar surface area (TPSA) is 37.4 Å². The summed E-state index contributed by atoms with van der Waals surface area (Å²) in [6, 6.07) is 4.74. The van der Waals surface area contributed by atoms with Crippen LogP contribution < -0.4 is 4.90 Å². The number of anilines is 1. The highest BCUT2D eigenvalue weighted by Gasteiger charge is 2.40. The fourth-order valence-electron chi connectivity index (χ4n) is 1.85. The second-order valence-corrected chi connectivity index (χ2v) is 6.13. The summed E-state index contributed by atoms with van der Waals surface area (Å²) >= 11 is 13.3. The molecular weight excluding hydrogens is 293 g/mol. The number of amides is 2. The standard InChI is InChI=1S/C12H11Cl2NO2S/c1-2-18-10-6-11(16)15(12(10)17)9-4-3-7(13)5-8(9)14/h3-5,10H,2,6H2,1H3/t10-/m1/s1. The van der Waals surface area contributed by atoms with Gasteiger partial charge < -0.3 is 0 Å². The van der Waals surface area contributed by atoms with E-state index < -0.39 is 0 Å². The van der Waals surface area contributed by atoms with E-state index in [-0.39, 0.29) is 23.5 Å².